The van der Waals surface area contributed by atoms with Crippen LogP contribution in [0, 0.1) is 0 Å². The van der Waals surface area contributed by atoms with Crippen LogP contribution in [0.3, 0.4) is 0 Å². The van der Waals surface area contributed by atoms with Crippen LogP contribution >= 0.6 is 12.4 Å². The molecular weight excluding hydrogens is 171 g/mol. The van der Waals surface area contributed by atoms with Crippen molar-refractivity contribution in [1.82, 2.24) is 4.90 Å². The number of alkyl halides is 1. The minimum absolute atomic E-state index is 0. The van der Waals surface area contributed by atoms with Crippen LogP contribution in [-0.2, 0) is 4.79 Å². The summed E-state index contributed by atoms with van der Waals surface area (Å²) in [6.07, 6.45) is -0.373. The second kappa shape index (κ2) is 4.51. The third-order valence-corrected chi connectivity index (χ3v) is 1.66. The van der Waals surface area contributed by atoms with Gasteiger partial charge in [-0.3, -0.25) is 4.79 Å². The number of likely N-dealkylation sites (tertiary alicyclic amines) is 1. The van der Waals surface area contributed by atoms with E-state index < -0.39 is 6.17 Å². The number of halogens is 2. The van der Waals surface area contributed by atoms with Crippen molar-refractivity contribution in [2.24, 2.45) is 5.73 Å². The summed E-state index contributed by atoms with van der Waals surface area (Å²) >= 11 is 0. The van der Waals surface area contributed by atoms with E-state index in [0.717, 1.165) is 0 Å². The molecule has 0 bridgehead atoms. The van der Waals surface area contributed by atoms with Crippen LogP contribution in [-0.4, -0.2) is 36.6 Å². The van der Waals surface area contributed by atoms with Gasteiger partial charge in [-0.05, 0) is 6.42 Å². The number of amides is 1. The Morgan fingerprint density at radius 3 is 2.73 bits per heavy atom. The molecule has 0 spiro atoms. The van der Waals surface area contributed by atoms with Crippen molar-refractivity contribution in [2.75, 3.05) is 19.6 Å². The lowest BCUT2D eigenvalue weighted by molar-refractivity contribution is -0.128. The Bertz CT molecular complexity index is 145. The van der Waals surface area contributed by atoms with Crippen LogP contribution in [0.4, 0.5) is 4.39 Å². The van der Waals surface area contributed by atoms with Gasteiger partial charge in [-0.2, -0.15) is 0 Å². The number of nitrogens with two attached hydrogens (primary N) is 1. The highest BCUT2D eigenvalue weighted by atomic mass is 35.5. The topological polar surface area (TPSA) is 46.3 Å². The van der Waals surface area contributed by atoms with E-state index in [4.69, 9.17) is 5.73 Å². The number of carbonyl (C=O) groups excluding carboxylic acids is 1. The van der Waals surface area contributed by atoms with E-state index >= 15 is 0 Å². The first-order valence-electron chi connectivity index (χ1n) is 3.36. The van der Waals surface area contributed by atoms with Crippen molar-refractivity contribution in [2.45, 2.75) is 12.6 Å². The van der Waals surface area contributed by atoms with Gasteiger partial charge >= 0.3 is 0 Å². The summed E-state index contributed by atoms with van der Waals surface area (Å²) in [5.41, 5.74) is 5.08. The van der Waals surface area contributed by atoms with Crippen LogP contribution in [0.1, 0.15) is 6.42 Å². The molecule has 0 aromatic carbocycles. The van der Waals surface area contributed by atoms with E-state index in [-0.39, 0.29) is 31.4 Å². The molecule has 1 rings (SSSR count). The first-order valence-corrected chi connectivity index (χ1v) is 3.36. The summed E-state index contributed by atoms with van der Waals surface area (Å²) in [5, 5.41) is 0. The van der Waals surface area contributed by atoms with Crippen LogP contribution in [0.25, 0.3) is 0 Å². The molecule has 3 nitrogen and oxygen atoms in total. The Hall–Kier alpha value is -0.350. The van der Waals surface area contributed by atoms with E-state index in [1.807, 2.05) is 0 Å². The molecule has 11 heavy (non-hydrogen) atoms. The van der Waals surface area contributed by atoms with E-state index in [1.165, 1.54) is 4.90 Å². The monoisotopic (exact) mass is 182 g/mol. The van der Waals surface area contributed by atoms with E-state index in [9.17, 15) is 9.18 Å². The Balaban J connectivity index is 0.000001000. The number of hydrogen-bond donors (Lipinski definition) is 1. The minimum atomic E-state index is -0.838. The van der Waals surface area contributed by atoms with Gasteiger partial charge in [-0.1, -0.05) is 0 Å². The summed E-state index contributed by atoms with van der Waals surface area (Å²) in [6.45, 7) is 0.750. The van der Waals surface area contributed by atoms with Gasteiger partial charge in [0.15, 0.2) is 0 Å². The summed E-state index contributed by atoms with van der Waals surface area (Å²) in [7, 11) is 0. The molecule has 0 radical (unpaired) electrons. The van der Waals surface area contributed by atoms with Gasteiger partial charge < -0.3 is 10.6 Å². The molecule has 5 heteroatoms. The molecular formula is C6H12ClFN2O. The molecule has 1 heterocycles. The van der Waals surface area contributed by atoms with Gasteiger partial charge in [0.25, 0.3) is 0 Å². The summed E-state index contributed by atoms with van der Waals surface area (Å²) < 4.78 is 12.4. The molecule has 0 unspecified atom stereocenters. The zero-order valence-electron chi connectivity index (χ0n) is 6.12. The van der Waals surface area contributed by atoms with Gasteiger partial charge in [0, 0.05) is 6.54 Å². The largest absolute Gasteiger partial charge is 0.339 e. The first kappa shape index (κ1) is 10.7. The molecule has 1 aliphatic rings. The first-order chi connectivity index (χ1) is 4.74. The standard InChI is InChI=1S/C6H11FN2O.ClH/c7-5-1-2-9(4-5)6(10)3-8;/h5H,1-4,8H2;1H/t5-;/m0./s1. The highest BCUT2D eigenvalue weighted by Gasteiger charge is 2.24. The molecule has 0 saturated carbocycles. The summed E-state index contributed by atoms with van der Waals surface area (Å²) in [4.78, 5) is 12.3. The zero-order valence-corrected chi connectivity index (χ0v) is 6.94. The Labute approximate surface area is 71.1 Å². The lowest BCUT2D eigenvalue weighted by atomic mass is 10.3. The molecule has 2 N–H and O–H groups in total. The van der Waals surface area contributed by atoms with Crippen molar-refractivity contribution >= 4 is 18.3 Å². The highest BCUT2D eigenvalue weighted by Crippen LogP contribution is 2.11. The van der Waals surface area contributed by atoms with Crippen molar-refractivity contribution in [3.8, 4) is 0 Å². The minimum Gasteiger partial charge on any atom is -0.339 e. The number of carbonyl (C=O) groups is 1. The molecule has 0 aliphatic carbocycles. The summed E-state index contributed by atoms with van der Waals surface area (Å²) in [6, 6.07) is 0. The average molecular weight is 183 g/mol. The van der Waals surface area contributed by atoms with E-state index in [2.05, 4.69) is 0 Å². The van der Waals surface area contributed by atoms with Gasteiger partial charge in [0.1, 0.15) is 6.17 Å². The molecule has 0 aromatic heterocycles. The molecule has 0 aromatic rings. The molecule has 1 fully saturated rings. The maximum absolute atomic E-state index is 12.4. The van der Waals surface area contributed by atoms with E-state index in [1.54, 1.807) is 0 Å². The molecule has 1 amide bonds. The third kappa shape index (κ3) is 2.63. The third-order valence-electron chi connectivity index (χ3n) is 1.66. The molecule has 1 saturated heterocycles. The predicted molar refractivity (Wildman–Crippen MR) is 42.4 cm³/mol. The van der Waals surface area contributed by atoms with Crippen LogP contribution in [0.15, 0.2) is 0 Å². The molecule has 1 aliphatic heterocycles. The summed E-state index contributed by atoms with van der Waals surface area (Å²) in [5.74, 6) is -0.153. The van der Waals surface area contributed by atoms with Crippen LogP contribution < -0.4 is 5.73 Å². The highest BCUT2D eigenvalue weighted by molar-refractivity contribution is 5.85. The second-order valence-corrected chi connectivity index (χ2v) is 2.43. The number of hydrogen-bond acceptors (Lipinski definition) is 2. The fourth-order valence-electron chi connectivity index (χ4n) is 1.07. The number of rotatable bonds is 1. The molecule has 1 atom stereocenters. The predicted octanol–water partition coefficient (Wildman–Crippen LogP) is -0.0627. The number of nitrogens with zero attached hydrogens (tertiary/aromatic N) is 1. The van der Waals surface area contributed by atoms with Crippen molar-refractivity contribution < 1.29 is 9.18 Å². The Kier molecular flexibility index (Phi) is 4.37. The van der Waals surface area contributed by atoms with Crippen LogP contribution in [0.2, 0.25) is 0 Å². The maximum Gasteiger partial charge on any atom is 0.236 e. The van der Waals surface area contributed by atoms with Crippen molar-refractivity contribution in [1.29, 1.82) is 0 Å². The quantitative estimate of drug-likeness (QED) is 0.618. The molecule has 66 valence electrons. The second-order valence-electron chi connectivity index (χ2n) is 2.43. The fraction of sp³-hybridized carbons (Fsp3) is 0.833. The van der Waals surface area contributed by atoms with Crippen molar-refractivity contribution in [3.05, 3.63) is 0 Å². The maximum atomic E-state index is 12.4. The Morgan fingerprint density at radius 2 is 2.36 bits per heavy atom. The van der Waals surface area contributed by atoms with Gasteiger partial charge in [-0.15, -0.1) is 12.4 Å². The van der Waals surface area contributed by atoms with Gasteiger partial charge in [0.2, 0.25) is 5.91 Å². The normalized spacial score (nSPS) is 23.1. The smallest absolute Gasteiger partial charge is 0.236 e. The van der Waals surface area contributed by atoms with Gasteiger partial charge in [-0.25, -0.2) is 4.39 Å². The van der Waals surface area contributed by atoms with Gasteiger partial charge in [0.05, 0.1) is 13.1 Å². The van der Waals surface area contributed by atoms with E-state index in [0.29, 0.717) is 13.0 Å². The fourth-order valence-corrected chi connectivity index (χ4v) is 1.07. The Morgan fingerprint density at radius 1 is 1.73 bits per heavy atom. The lowest BCUT2D eigenvalue weighted by Gasteiger charge is -2.12. The van der Waals surface area contributed by atoms with Crippen LogP contribution in [0.5, 0.6) is 0 Å². The average Bonchev–Trinajstić information content (AvgIpc) is 2.34. The SMILES string of the molecule is Cl.NCC(=O)N1CC[C@H](F)C1. The van der Waals surface area contributed by atoms with Crippen molar-refractivity contribution in [3.63, 3.8) is 0 Å². The zero-order chi connectivity index (χ0) is 7.56. The lowest BCUT2D eigenvalue weighted by Crippen LogP contribution is -2.34.